The number of carbonyl (C=O) groups is 1. The third kappa shape index (κ3) is 3.83. The number of hydrogen-bond donors (Lipinski definition) is 2. The molecular formula is C21H14ClF3N4O. The molecule has 0 saturated carbocycles. The molecule has 1 fully saturated rings. The van der Waals surface area contributed by atoms with Crippen LogP contribution in [0.2, 0.25) is 5.02 Å². The molecule has 5 nitrogen and oxygen atoms in total. The van der Waals surface area contributed by atoms with Gasteiger partial charge in [-0.2, -0.15) is 10.5 Å². The van der Waals surface area contributed by atoms with Crippen LogP contribution < -0.4 is 10.6 Å². The minimum absolute atomic E-state index is 0.0249. The quantitative estimate of drug-likeness (QED) is 0.436. The summed E-state index contributed by atoms with van der Waals surface area (Å²) in [7, 11) is 0. The molecule has 0 bridgehead atoms. The maximum Gasteiger partial charge on any atom is 0.197 e. The first-order valence-electron chi connectivity index (χ1n) is 8.94. The van der Waals surface area contributed by atoms with Crippen LogP contribution in [0, 0.1) is 40.1 Å². The van der Waals surface area contributed by atoms with Crippen LogP contribution in [0.25, 0.3) is 5.57 Å². The molecule has 1 heterocycles. The van der Waals surface area contributed by atoms with Gasteiger partial charge in [0.1, 0.15) is 29.3 Å². The first kappa shape index (κ1) is 21.2. The highest BCUT2D eigenvalue weighted by molar-refractivity contribution is 6.38. The van der Waals surface area contributed by atoms with Crippen LogP contribution in [0.5, 0.6) is 0 Å². The fourth-order valence-corrected chi connectivity index (χ4v) is 3.40. The number of nitriles is 2. The van der Waals surface area contributed by atoms with E-state index in [-0.39, 0.29) is 17.0 Å². The van der Waals surface area contributed by atoms with Gasteiger partial charge in [-0.3, -0.25) is 4.79 Å². The van der Waals surface area contributed by atoms with Crippen LogP contribution in [0.3, 0.4) is 0 Å². The van der Waals surface area contributed by atoms with Crippen molar-refractivity contribution >= 4 is 23.0 Å². The van der Waals surface area contributed by atoms with Crippen LogP contribution in [0.15, 0.2) is 30.1 Å². The first-order chi connectivity index (χ1) is 14.4. The minimum Gasteiger partial charge on any atom is -0.371 e. The second kappa shape index (κ2) is 8.89. The summed E-state index contributed by atoms with van der Waals surface area (Å²) in [4.78, 5) is 13.3. The van der Waals surface area contributed by atoms with E-state index in [1.54, 1.807) is 6.07 Å². The van der Waals surface area contributed by atoms with Crippen LogP contribution in [-0.2, 0) is 0 Å². The van der Waals surface area contributed by atoms with E-state index in [2.05, 4.69) is 10.6 Å². The van der Waals surface area contributed by atoms with Crippen molar-refractivity contribution in [1.82, 2.24) is 10.6 Å². The summed E-state index contributed by atoms with van der Waals surface area (Å²) in [6, 6.07) is 7.48. The Morgan fingerprint density at radius 2 is 1.50 bits per heavy atom. The molecule has 0 aromatic heterocycles. The largest absolute Gasteiger partial charge is 0.371 e. The zero-order chi connectivity index (χ0) is 21.8. The Bertz CT molecular complexity index is 1120. The third-order valence-corrected chi connectivity index (χ3v) is 4.94. The lowest BCUT2D eigenvalue weighted by molar-refractivity contribution is 0.105. The van der Waals surface area contributed by atoms with Gasteiger partial charge in [-0.25, -0.2) is 13.2 Å². The number of nitrogens with one attached hydrogen (secondary N) is 2. The molecule has 0 spiro atoms. The first-order valence-corrected chi connectivity index (χ1v) is 9.31. The van der Waals surface area contributed by atoms with Crippen LogP contribution in [0.1, 0.15) is 39.9 Å². The number of ketones is 1. The highest BCUT2D eigenvalue weighted by Crippen LogP contribution is 2.36. The SMILES string of the molecule is N#Cc1c(F)c(Cl)c(C(C(=O)c2ccc(F)cc2)=C2NCCCCN2)c(C#N)c1F. The molecule has 0 radical (unpaired) electrons. The molecule has 1 aliphatic heterocycles. The Morgan fingerprint density at radius 1 is 0.933 bits per heavy atom. The van der Waals surface area contributed by atoms with Crippen molar-refractivity contribution in [2.24, 2.45) is 0 Å². The zero-order valence-electron chi connectivity index (χ0n) is 15.5. The van der Waals surface area contributed by atoms with Crippen LogP contribution in [-0.4, -0.2) is 18.9 Å². The Labute approximate surface area is 175 Å². The minimum atomic E-state index is -1.41. The van der Waals surface area contributed by atoms with Crippen LogP contribution >= 0.6 is 11.6 Å². The number of hydrogen-bond acceptors (Lipinski definition) is 5. The summed E-state index contributed by atoms with van der Waals surface area (Å²) in [6.45, 7) is 0.923. The summed E-state index contributed by atoms with van der Waals surface area (Å²) in [5.41, 5.74) is -2.46. The second-order valence-electron chi connectivity index (χ2n) is 6.44. The number of carbonyl (C=O) groups excluding carboxylic acids is 1. The van der Waals surface area contributed by atoms with Gasteiger partial charge in [0.05, 0.1) is 16.2 Å². The molecular weight excluding hydrogens is 417 g/mol. The molecule has 3 rings (SSSR count). The molecule has 0 amide bonds. The molecule has 2 aromatic carbocycles. The summed E-state index contributed by atoms with van der Waals surface area (Å²) in [6.07, 6.45) is 1.53. The van der Waals surface area contributed by atoms with Crippen molar-refractivity contribution in [1.29, 1.82) is 10.5 Å². The standard InChI is InChI=1S/C21H14ClF3N4O/c22-17-15(13(9-26)18(24)14(10-27)19(17)25)16(21-28-7-1-2-8-29-21)20(30)11-3-5-12(23)6-4-11/h3-6,28-29H,1-2,7-8H2. The average molecular weight is 431 g/mol. The van der Waals surface area contributed by atoms with Crippen molar-refractivity contribution < 1.29 is 18.0 Å². The number of nitrogens with zero attached hydrogens (tertiary/aromatic N) is 2. The Hall–Kier alpha value is -3.49. The van der Waals surface area contributed by atoms with Gasteiger partial charge in [-0.05, 0) is 37.1 Å². The van der Waals surface area contributed by atoms with Crippen molar-refractivity contribution in [3.63, 3.8) is 0 Å². The number of benzene rings is 2. The lowest BCUT2D eigenvalue weighted by Crippen LogP contribution is -2.28. The monoisotopic (exact) mass is 430 g/mol. The fraction of sp³-hybridized carbons (Fsp3) is 0.190. The van der Waals surface area contributed by atoms with E-state index in [0.717, 1.165) is 25.0 Å². The molecule has 0 unspecified atom stereocenters. The molecule has 1 saturated heterocycles. The summed E-state index contributed by atoms with van der Waals surface area (Å²) >= 11 is 6.10. The molecule has 2 aromatic rings. The van der Waals surface area contributed by atoms with E-state index in [1.807, 2.05) is 0 Å². The molecule has 152 valence electrons. The van der Waals surface area contributed by atoms with Gasteiger partial charge in [0.2, 0.25) is 0 Å². The number of rotatable bonds is 3. The predicted octanol–water partition coefficient (Wildman–Crippen LogP) is 4.03. The maximum absolute atomic E-state index is 14.7. The average Bonchev–Trinajstić information content (AvgIpc) is 3.02. The van der Waals surface area contributed by atoms with Gasteiger partial charge in [0.15, 0.2) is 17.4 Å². The molecule has 0 atom stereocenters. The highest BCUT2D eigenvalue weighted by Gasteiger charge is 2.31. The Kier molecular flexibility index (Phi) is 6.29. The van der Waals surface area contributed by atoms with E-state index in [4.69, 9.17) is 16.9 Å². The van der Waals surface area contributed by atoms with Gasteiger partial charge < -0.3 is 10.6 Å². The fourth-order valence-electron chi connectivity index (χ4n) is 3.11. The van der Waals surface area contributed by atoms with E-state index in [9.17, 15) is 23.2 Å². The van der Waals surface area contributed by atoms with Crippen molar-refractivity contribution in [2.45, 2.75) is 12.8 Å². The number of Topliss-reactive ketones (excluding diaryl/α,β-unsaturated/α-hetero) is 1. The smallest absolute Gasteiger partial charge is 0.197 e. The lowest BCUT2D eigenvalue weighted by Gasteiger charge is -2.19. The highest BCUT2D eigenvalue weighted by atomic mass is 35.5. The van der Waals surface area contributed by atoms with E-state index < -0.39 is 44.9 Å². The predicted molar refractivity (Wildman–Crippen MR) is 104 cm³/mol. The van der Waals surface area contributed by atoms with E-state index >= 15 is 0 Å². The Morgan fingerprint density at radius 3 is 2.03 bits per heavy atom. The maximum atomic E-state index is 14.7. The molecule has 9 heteroatoms. The normalized spacial score (nSPS) is 13.3. The third-order valence-electron chi connectivity index (χ3n) is 4.58. The van der Waals surface area contributed by atoms with E-state index in [1.165, 1.54) is 18.2 Å². The van der Waals surface area contributed by atoms with Gasteiger partial charge in [0.25, 0.3) is 0 Å². The lowest BCUT2D eigenvalue weighted by atomic mass is 9.91. The topological polar surface area (TPSA) is 88.7 Å². The zero-order valence-corrected chi connectivity index (χ0v) is 16.2. The molecule has 30 heavy (non-hydrogen) atoms. The molecule has 2 N–H and O–H groups in total. The molecule has 1 aliphatic rings. The Balaban J connectivity index is 2.36. The summed E-state index contributed by atoms with van der Waals surface area (Å²) in [5, 5.41) is 23.8. The van der Waals surface area contributed by atoms with Gasteiger partial charge >= 0.3 is 0 Å². The van der Waals surface area contributed by atoms with E-state index in [0.29, 0.717) is 13.1 Å². The molecule has 0 aliphatic carbocycles. The second-order valence-corrected chi connectivity index (χ2v) is 6.82. The summed E-state index contributed by atoms with van der Waals surface area (Å²) in [5.74, 6) is -3.94. The van der Waals surface area contributed by atoms with Gasteiger partial charge in [-0.15, -0.1) is 0 Å². The number of allylic oxidation sites excluding steroid dienone is 1. The van der Waals surface area contributed by atoms with Gasteiger partial charge in [-0.1, -0.05) is 11.6 Å². The summed E-state index contributed by atoms with van der Waals surface area (Å²) < 4.78 is 42.7. The van der Waals surface area contributed by atoms with Crippen molar-refractivity contribution in [2.75, 3.05) is 13.1 Å². The van der Waals surface area contributed by atoms with Gasteiger partial charge in [0, 0.05) is 24.2 Å². The van der Waals surface area contributed by atoms with Crippen molar-refractivity contribution in [3.8, 4) is 12.1 Å². The van der Waals surface area contributed by atoms with Crippen molar-refractivity contribution in [3.05, 3.63) is 74.8 Å². The number of halogens is 4. The van der Waals surface area contributed by atoms with Crippen LogP contribution in [0.4, 0.5) is 13.2 Å².